The van der Waals surface area contributed by atoms with Gasteiger partial charge in [0.2, 0.25) is 0 Å². The molecule has 0 aliphatic carbocycles. The Morgan fingerprint density at radius 1 is 1.09 bits per heavy atom. The van der Waals surface area contributed by atoms with Crippen LogP contribution in [0.4, 0.5) is 5.69 Å². The highest BCUT2D eigenvalue weighted by atomic mass is 35.5. The van der Waals surface area contributed by atoms with E-state index in [0.717, 1.165) is 0 Å². The average molecular weight is 481 g/mol. The van der Waals surface area contributed by atoms with E-state index in [9.17, 15) is 14.4 Å². The van der Waals surface area contributed by atoms with Crippen molar-refractivity contribution in [1.82, 2.24) is 10.7 Å². The molecule has 0 saturated carbocycles. The van der Waals surface area contributed by atoms with Crippen molar-refractivity contribution in [2.24, 2.45) is 5.10 Å². The Labute approximate surface area is 195 Å². The van der Waals surface area contributed by atoms with Crippen molar-refractivity contribution in [3.63, 3.8) is 0 Å². The van der Waals surface area contributed by atoms with Crippen LogP contribution in [0, 0.1) is 0 Å². The number of halogens is 2. The third kappa shape index (κ3) is 8.54. The van der Waals surface area contributed by atoms with Crippen molar-refractivity contribution in [3.05, 3.63) is 58.1 Å². The monoisotopic (exact) mass is 480 g/mol. The van der Waals surface area contributed by atoms with Crippen LogP contribution in [0.25, 0.3) is 0 Å². The minimum absolute atomic E-state index is 0.242. The number of anilines is 1. The zero-order valence-corrected chi connectivity index (χ0v) is 18.7. The SMILES string of the molecule is COCCCNC(=O)C(=O)N/N=C\c1cccc(OCC(=O)Nc2cccc(Cl)c2Cl)c1. The number of carbonyl (C=O) groups excluding carboxylic acids is 3. The summed E-state index contributed by atoms with van der Waals surface area (Å²) in [6, 6.07) is 11.6. The van der Waals surface area contributed by atoms with Gasteiger partial charge in [0, 0.05) is 20.3 Å². The Bertz CT molecular complexity index is 984. The quantitative estimate of drug-likeness (QED) is 0.209. The van der Waals surface area contributed by atoms with Gasteiger partial charge in [-0.3, -0.25) is 14.4 Å². The first kappa shape index (κ1) is 25.1. The van der Waals surface area contributed by atoms with E-state index in [2.05, 4.69) is 21.2 Å². The largest absolute Gasteiger partial charge is 0.484 e. The molecule has 9 nitrogen and oxygen atoms in total. The van der Waals surface area contributed by atoms with E-state index in [1.807, 2.05) is 0 Å². The number of hydrogen-bond acceptors (Lipinski definition) is 6. The molecule has 0 radical (unpaired) electrons. The van der Waals surface area contributed by atoms with E-state index < -0.39 is 17.7 Å². The van der Waals surface area contributed by atoms with Gasteiger partial charge in [0.25, 0.3) is 5.91 Å². The second kappa shape index (κ2) is 13.3. The second-order valence-electron chi connectivity index (χ2n) is 6.31. The zero-order valence-electron chi connectivity index (χ0n) is 17.2. The van der Waals surface area contributed by atoms with E-state index in [4.69, 9.17) is 32.7 Å². The summed E-state index contributed by atoms with van der Waals surface area (Å²) in [4.78, 5) is 35.4. The highest BCUT2D eigenvalue weighted by Crippen LogP contribution is 2.29. The molecule has 170 valence electrons. The van der Waals surface area contributed by atoms with Gasteiger partial charge in [-0.05, 0) is 36.2 Å². The van der Waals surface area contributed by atoms with Crippen molar-refractivity contribution in [2.75, 3.05) is 32.2 Å². The number of methoxy groups -OCH3 is 1. The molecule has 0 aliphatic rings. The molecular formula is C21H22Cl2N4O5. The van der Waals surface area contributed by atoms with Crippen LogP contribution in [0.15, 0.2) is 47.6 Å². The molecule has 0 unspecified atom stereocenters. The van der Waals surface area contributed by atoms with Gasteiger partial charge < -0.3 is 20.1 Å². The minimum atomic E-state index is -0.887. The molecule has 0 aliphatic heterocycles. The first-order chi connectivity index (χ1) is 15.4. The lowest BCUT2D eigenvalue weighted by molar-refractivity contribution is -0.139. The number of carbonyl (C=O) groups is 3. The van der Waals surface area contributed by atoms with Crippen LogP contribution in [0.5, 0.6) is 5.75 Å². The molecule has 2 aromatic carbocycles. The average Bonchev–Trinajstić information content (AvgIpc) is 2.78. The van der Waals surface area contributed by atoms with Crippen molar-refractivity contribution in [3.8, 4) is 5.75 Å². The second-order valence-corrected chi connectivity index (χ2v) is 7.10. The summed E-state index contributed by atoms with van der Waals surface area (Å²) in [5.74, 6) is -1.69. The van der Waals surface area contributed by atoms with Crippen molar-refractivity contribution in [2.45, 2.75) is 6.42 Å². The van der Waals surface area contributed by atoms with Gasteiger partial charge in [-0.15, -0.1) is 0 Å². The summed E-state index contributed by atoms with van der Waals surface area (Å²) in [5.41, 5.74) is 3.10. The number of amides is 3. The molecule has 0 fully saturated rings. The maximum atomic E-state index is 12.1. The maximum absolute atomic E-state index is 12.1. The molecule has 0 aromatic heterocycles. The van der Waals surface area contributed by atoms with Crippen LogP contribution < -0.4 is 20.8 Å². The minimum Gasteiger partial charge on any atom is -0.484 e. The van der Waals surface area contributed by atoms with Crippen LogP contribution in [0.1, 0.15) is 12.0 Å². The number of hydrazone groups is 1. The Kier molecular flexibility index (Phi) is 10.5. The normalized spacial score (nSPS) is 10.6. The lowest BCUT2D eigenvalue weighted by Gasteiger charge is -2.09. The summed E-state index contributed by atoms with van der Waals surface area (Å²) in [7, 11) is 1.55. The Morgan fingerprint density at radius 2 is 1.88 bits per heavy atom. The molecule has 3 amide bonds. The van der Waals surface area contributed by atoms with Crippen molar-refractivity contribution >= 4 is 52.8 Å². The predicted molar refractivity (Wildman–Crippen MR) is 122 cm³/mol. The van der Waals surface area contributed by atoms with Gasteiger partial charge in [0.15, 0.2) is 6.61 Å². The van der Waals surface area contributed by atoms with Crippen molar-refractivity contribution in [1.29, 1.82) is 0 Å². The fourth-order valence-corrected chi connectivity index (χ4v) is 2.68. The summed E-state index contributed by atoms with van der Waals surface area (Å²) in [6.07, 6.45) is 1.94. The standard InChI is InChI=1S/C21H22Cl2N4O5/c1-31-10-4-9-24-20(29)21(30)27-25-12-14-5-2-6-15(11-14)32-13-18(28)26-17-8-3-7-16(22)19(17)23/h2-3,5-8,11-12H,4,9-10,13H2,1H3,(H,24,29)(H,26,28)(H,27,30)/b25-12-. The molecule has 3 N–H and O–H groups in total. The summed E-state index contributed by atoms with van der Waals surface area (Å²) < 4.78 is 10.3. The first-order valence-corrected chi connectivity index (χ1v) is 10.2. The van der Waals surface area contributed by atoms with Crippen LogP contribution in [-0.4, -0.2) is 50.8 Å². The highest BCUT2D eigenvalue weighted by molar-refractivity contribution is 6.44. The van der Waals surface area contributed by atoms with Gasteiger partial charge in [0.05, 0.1) is 21.9 Å². The van der Waals surface area contributed by atoms with E-state index >= 15 is 0 Å². The van der Waals surface area contributed by atoms with Crippen LogP contribution in [-0.2, 0) is 19.1 Å². The molecule has 0 atom stereocenters. The molecule has 0 heterocycles. The third-order valence-corrected chi connectivity index (χ3v) is 4.67. The summed E-state index contributed by atoms with van der Waals surface area (Å²) in [6.45, 7) is 0.540. The number of rotatable bonds is 10. The van der Waals surface area contributed by atoms with E-state index in [0.29, 0.717) is 41.6 Å². The summed E-state index contributed by atoms with van der Waals surface area (Å²) >= 11 is 12.0. The Hall–Kier alpha value is -3.14. The number of benzene rings is 2. The Balaban J connectivity index is 1.81. The summed E-state index contributed by atoms with van der Waals surface area (Å²) in [5, 5.41) is 9.38. The number of nitrogens with one attached hydrogen (secondary N) is 3. The van der Waals surface area contributed by atoms with Crippen LogP contribution in [0.3, 0.4) is 0 Å². The van der Waals surface area contributed by atoms with Gasteiger partial charge in [0.1, 0.15) is 5.75 Å². The fourth-order valence-electron chi connectivity index (χ4n) is 2.34. The molecule has 0 saturated heterocycles. The Morgan fingerprint density at radius 3 is 2.66 bits per heavy atom. The molecule has 2 rings (SSSR count). The fraction of sp³-hybridized carbons (Fsp3) is 0.238. The molecule has 32 heavy (non-hydrogen) atoms. The topological polar surface area (TPSA) is 118 Å². The third-order valence-electron chi connectivity index (χ3n) is 3.85. The maximum Gasteiger partial charge on any atom is 0.329 e. The zero-order chi connectivity index (χ0) is 23.3. The molecule has 11 heteroatoms. The van der Waals surface area contributed by atoms with Gasteiger partial charge in [-0.2, -0.15) is 5.10 Å². The number of nitrogens with zero attached hydrogens (tertiary/aromatic N) is 1. The highest BCUT2D eigenvalue weighted by Gasteiger charge is 2.11. The number of hydrogen-bond donors (Lipinski definition) is 3. The lowest BCUT2D eigenvalue weighted by atomic mass is 10.2. The smallest absolute Gasteiger partial charge is 0.329 e. The number of ether oxygens (including phenoxy) is 2. The van der Waals surface area contributed by atoms with Gasteiger partial charge in [-0.25, -0.2) is 5.43 Å². The van der Waals surface area contributed by atoms with Crippen LogP contribution >= 0.6 is 23.2 Å². The molecule has 2 aromatic rings. The van der Waals surface area contributed by atoms with E-state index in [1.165, 1.54) is 6.21 Å². The lowest BCUT2D eigenvalue weighted by Crippen LogP contribution is -2.38. The van der Waals surface area contributed by atoms with Gasteiger partial charge >= 0.3 is 11.8 Å². The van der Waals surface area contributed by atoms with Gasteiger partial charge in [-0.1, -0.05) is 41.4 Å². The molecule has 0 bridgehead atoms. The van der Waals surface area contributed by atoms with E-state index in [-0.39, 0.29) is 11.6 Å². The molecular weight excluding hydrogens is 459 g/mol. The first-order valence-electron chi connectivity index (χ1n) is 9.47. The van der Waals surface area contributed by atoms with Crippen molar-refractivity contribution < 1.29 is 23.9 Å². The predicted octanol–water partition coefficient (Wildman–Crippen LogP) is 2.61. The van der Waals surface area contributed by atoms with Crippen LogP contribution in [0.2, 0.25) is 10.0 Å². The van der Waals surface area contributed by atoms with E-state index in [1.54, 1.807) is 49.6 Å². The molecule has 0 spiro atoms.